The lowest BCUT2D eigenvalue weighted by Crippen LogP contribution is -2.50. The number of hydrogen-bond acceptors (Lipinski definition) is 9. The number of carbonyl (C=O) groups is 2. The highest BCUT2D eigenvalue weighted by atomic mass is 35.5. The molecule has 0 bridgehead atoms. The number of aromatic hydroxyl groups is 1. The molecule has 0 unspecified atom stereocenters. The van der Waals surface area contributed by atoms with Crippen LogP contribution in [0.2, 0.25) is 5.02 Å². The Hall–Kier alpha value is -4.17. The molecule has 0 aliphatic carbocycles. The van der Waals surface area contributed by atoms with Gasteiger partial charge in [0.25, 0.3) is 5.91 Å². The lowest BCUT2D eigenvalue weighted by atomic mass is 10.2. The van der Waals surface area contributed by atoms with Crippen LogP contribution < -0.4 is 10.2 Å². The molecule has 3 aromatic rings. The average molecular weight is 524 g/mol. The van der Waals surface area contributed by atoms with Crippen molar-refractivity contribution in [2.45, 2.75) is 32.9 Å². The monoisotopic (exact) mass is 523 g/mol. The van der Waals surface area contributed by atoms with Crippen LogP contribution in [-0.2, 0) is 11.3 Å². The second-order valence-electron chi connectivity index (χ2n) is 9.47. The zero-order valence-electron chi connectivity index (χ0n) is 20.7. The molecule has 4 rings (SSSR count). The number of aromatic nitrogens is 3. The van der Waals surface area contributed by atoms with Gasteiger partial charge in [-0.25, -0.2) is 19.7 Å². The van der Waals surface area contributed by atoms with E-state index in [1.165, 1.54) is 18.5 Å². The van der Waals surface area contributed by atoms with Crippen LogP contribution >= 0.6 is 11.6 Å². The second-order valence-corrected chi connectivity index (χ2v) is 9.87. The van der Waals surface area contributed by atoms with Crippen LogP contribution in [0.15, 0.2) is 30.6 Å². The molecule has 0 atom stereocenters. The summed E-state index contributed by atoms with van der Waals surface area (Å²) < 4.78 is 5.44. The van der Waals surface area contributed by atoms with Crippen molar-refractivity contribution in [1.82, 2.24) is 25.2 Å². The summed E-state index contributed by atoms with van der Waals surface area (Å²) >= 11 is 6.13. The molecule has 4 heterocycles. The van der Waals surface area contributed by atoms with E-state index in [9.17, 15) is 14.7 Å². The van der Waals surface area contributed by atoms with E-state index >= 15 is 0 Å². The van der Waals surface area contributed by atoms with Gasteiger partial charge in [-0.05, 0) is 39.0 Å². The van der Waals surface area contributed by atoms with Crippen LogP contribution in [0.25, 0.3) is 10.9 Å². The van der Waals surface area contributed by atoms with Crippen LogP contribution in [0.4, 0.5) is 10.6 Å². The van der Waals surface area contributed by atoms with Crippen molar-refractivity contribution < 1.29 is 19.4 Å². The Labute approximate surface area is 218 Å². The lowest BCUT2D eigenvalue weighted by molar-refractivity contribution is 0.0240. The highest BCUT2D eigenvalue weighted by Gasteiger charge is 2.26. The second kappa shape index (κ2) is 10.4. The Morgan fingerprint density at radius 2 is 1.92 bits per heavy atom. The third-order valence-electron chi connectivity index (χ3n) is 5.66. The first-order chi connectivity index (χ1) is 17.6. The third-order valence-corrected chi connectivity index (χ3v) is 6.01. The molecule has 2 N–H and O–H groups in total. The molecule has 0 aromatic carbocycles. The zero-order valence-corrected chi connectivity index (χ0v) is 21.4. The fraction of sp³-hybridized carbons (Fsp3) is 0.360. The number of pyridine rings is 3. The first-order valence-corrected chi connectivity index (χ1v) is 12.0. The predicted octanol–water partition coefficient (Wildman–Crippen LogP) is 3.24. The fourth-order valence-corrected chi connectivity index (χ4v) is 3.99. The van der Waals surface area contributed by atoms with Crippen LogP contribution in [0.1, 0.15) is 42.5 Å². The van der Waals surface area contributed by atoms with E-state index < -0.39 is 11.5 Å². The van der Waals surface area contributed by atoms with Gasteiger partial charge in [-0.3, -0.25) is 4.79 Å². The topological polar surface area (TPSA) is 145 Å². The van der Waals surface area contributed by atoms with Gasteiger partial charge in [-0.1, -0.05) is 11.6 Å². The first-order valence-electron chi connectivity index (χ1n) is 11.6. The summed E-state index contributed by atoms with van der Waals surface area (Å²) in [5.41, 5.74) is 0.427. The zero-order chi connectivity index (χ0) is 26.7. The van der Waals surface area contributed by atoms with E-state index in [0.29, 0.717) is 53.5 Å². The molecule has 0 spiro atoms. The summed E-state index contributed by atoms with van der Waals surface area (Å²) in [5.74, 6) is -0.201. The molecule has 0 radical (unpaired) electrons. The van der Waals surface area contributed by atoms with Gasteiger partial charge in [0.15, 0.2) is 11.4 Å². The molecule has 192 valence electrons. The Balaban J connectivity index is 1.43. The Bertz CT molecular complexity index is 1390. The maximum atomic E-state index is 12.7. The number of hydrogen-bond donors (Lipinski definition) is 2. The summed E-state index contributed by atoms with van der Waals surface area (Å²) in [6, 6.07) is 6.75. The van der Waals surface area contributed by atoms with Crippen LogP contribution in [0.5, 0.6) is 5.75 Å². The highest BCUT2D eigenvalue weighted by molar-refractivity contribution is 6.31. The number of halogens is 1. The first kappa shape index (κ1) is 25.9. The number of ether oxygens (including phenoxy) is 1. The van der Waals surface area contributed by atoms with Crippen LogP contribution in [0, 0.1) is 11.3 Å². The van der Waals surface area contributed by atoms with Gasteiger partial charge < -0.3 is 25.0 Å². The lowest BCUT2D eigenvalue weighted by Gasteiger charge is -2.36. The van der Waals surface area contributed by atoms with E-state index in [4.69, 9.17) is 21.6 Å². The Kier molecular flexibility index (Phi) is 7.31. The number of piperazine rings is 1. The number of nitriles is 1. The number of carbonyl (C=O) groups excluding carboxylic acids is 2. The molecule has 2 amide bonds. The minimum atomic E-state index is -0.595. The normalized spacial score (nSPS) is 13.8. The van der Waals surface area contributed by atoms with Gasteiger partial charge in [0.1, 0.15) is 23.2 Å². The van der Waals surface area contributed by atoms with E-state index in [2.05, 4.69) is 20.3 Å². The standard InChI is InChI=1S/C25H26ClN7O4/c1-25(2,3)37-24(36)33-8-6-32(7-9-33)20-5-4-17-19(31-20)14-29-21(22(17)34)23(35)30-13-15-12-28-16(11-27)10-18(15)26/h4-5,10,12,14,34H,6-9,13H2,1-3H3,(H,30,35). The van der Waals surface area contributed by atoms with Crippen molar-refractivity contribution in [2.75, 3.05) is 31.1 Å². The molecule has 37 heavy (non-hydrogen) atoms. The van der Waals surface area contributed by atoms with E-state index in [0.717, 1.165) is 0 Å². The van der Waals surface area contributed by atoms with Crippen molar-refractivity contribution >= 4 is 40.3 Å². The number of nitrogens with one attached hydrogen (secondary N) is 1. The third kappa shape index (κ3) is 5.98. The van der Waals surface area contributed by atoms with E-state index in [1.807, 2.05) is 31.7 Å². The molecule has 1 saturated heterocycles. The molecule has 1 aliphatic heterocycles. The van der Waals surface area contributed by atoms with Gasteiger partial charge >= 0.3 is 6.09 Å². The van der Waals surface area contributed by atoms with E-state index in [-0.39, 0.29) is 29.8 Å². The van der Waals surface area contributed by atoms with Crippen LogP contribution in [-0.4, -0.2) is 68.7 Å². The minimum Gasteiger partial charge on any atom is -0.505 e. The maximum absolute atomic E-state index is 12.7. The molecule has 0 saturated carbocycles. The van der Waals surface area contributed by atoms with Crippen molar-refractivity contribution in [2.24, 2.45) is 0 Å². The molecular weight excluding hydrogens is 498 g/mol. The smallest absolute Gasteiger partial charge is 0.410 e. The van der Waals surface area contributed by atoms with Gasteiger partial charge in [-0.15, -0.1) is 0 Å². The minimum absolute atomic E-state index is 0.0436. The van der Waals surface area contributed by atoms with Crippen molar-refractivity contribution in [3.05, 3.63) is 52.6 Å². The number of nitrogens with zero attached hydrogens (tertiary/aromatic N) is 6. The van der Waals surface area contributed by atoms with Crippen molar-refractivity contribution in [3.63, 3.8) is 0 Å². The Morgan fingerprint density at radius 3 is 2.57 bits per heavy atom. The van der Waals surface area contributed by atoms with Crippen molar-refractivity contribution in [3.8, 4) is 11.8 Å². The quantitative estimate of drug-likeness (QED) is 0.526. The predicted molar refractivity (Wildman–Crippen MR) is 136 cm³/mol. The highest BCUT2D eigenvalue weighted by Crippen LogP contribution is 2.28. The number of rotatable bonds is 4. The molecular formula is C25H26ClN7O4. The molecule has 12 heteroatoms. The van der Waals surface area contributed by atoms with Gasteiger partial charge in [-0.2, -0.15) is 5.26 Å². The summed E-state index contributed by atoms with van der Waals surface area (Å²) in [6.07, 6.45) is 2.50. The Morgan fingerprint density at radius 1 is 1.19 bits per heavy atom. The SMILES string of the molecule is CC(C)(C)OC(=O)N1CCN(c2ccc3c(O)c(C(=O)NCc4cnc(C#N)cc4Cl)ncc3n2)CC1. The van der Waals surface area contributed by atoms with Gasteiger partial charge in [0.05, 0.1) is 11.7 Å². The summed E-state index contributed by atoms with van der Waals surface area (Å²) in [7, 11) is 0. The summed E-state index contributed by atoms with van der Waals surface area (Å²) in [4.78, 5) is 41.3. The van der Waals surface area contributed by atoms with Gasteiger partial charge in [0, 0.05) is 54.9 Å². The molecule has 1 fully saturated rings. The van der Waals surface area contributed by atoms with E-state index in [1.54, 1.807) is 17.0 Å². The molecule has 3 aromatic heterocycles. The van der Waals surface area contributed by atoms with Crippen molar-refractivity contribution in [1.29, 1.82) is 5.26 Å². The molecule has 11 nitrogen and oxygen atoms in total. The van der Waals surface area contributed by atoms with Crippen LogP contribution in [0.3, 0.4) is 0 Å². The summed E-state index contributed by atoms with van der Waals surface area (Å²) in [5, 5.41) is 22.9. The summed E-state index contributed by atoms with van der Waals surface area (Å²) in [6.45, 7) is 7.69. The maximum Gasteiger partial charge on any atom is 0.410 e. The number of anilines is 1. The van der Waals surface area contributed by atoms with Gasteiger partial charge in [0.2, 0.25) is 0 Å². The largest absolute Gasteiger partial charge is 0.505 e. The number of amides is 2. The average Bonchev–Trinajstić information content (AvgIpc) is 2.87. The number of fused-ring (bicyclic) bond motifs is 1. The fourth-order valence-electron chi connectivity index (χ4n) is 3.77. The molecule has 1 aliphatic rings.